The van der Waals surface area contributed by atoms with Gasteiger partial charge in [-0.05, 0) is 49.1 Å². The molecule has 0 bridgehead atoms. The minimum absolute atomic E-state index is 0.211. The average Bonchev–Trinajstić information content (AvgIpc) is 2.88. The molecule has 0 spiro atoms. The number of benzene rings is 1. The lowest BCUT2D eigenvalue weighted by atomic mass is 10.1. The largest absolute Gasteiger partial charge is 0.398 e. The number of hydrogen-bond acceptors (Lipinski definition) is 2. The zero-order valence-electron chi connectivity index (χ0n) is 9.91. The molecule has 0 aromatic heterocycles. The Morgan fingerprint density at radius 1 is 1.50 bits per heavy atom. The molecule has 16 heavy (non-hydrogen) atoms. The highest BCUT2D eigenvalue weighted by molar-refractivity contribution is 5.46. The molecule has 0 amide bonds. The van der Waals surface area contributed by atoms with Gasteiger partial charge in [0, 0.05) is 18.8 Å². The van der Waals surface area contributed by atoms with Crippen molar-refractivity contribution in [2.45, 2.75) is 19.9 Å². The first kappa shape index (κ1) is 11.4. The van der Waals surface area contributed by atoms with Gasteiger partial charge in [-0.2, -0.15) is 0 Å². The quantitative estimate of drug-likeness (QED) is 0.793. The minimum Gasteiger partial charge on any atom is -0.398 e. The Labute approximate surface area is 96.2 Å². The SMILES string of the molecule is CC1CC1CN(C)Cc1cc(F)ccc1N. The lowest BCUT2D eigenvalue weighted by Crippen LogP contribution is -2.21. The van der Waals surface area contributed by atoms with E-state index >= 15 is 0 Å². The van der Waals surface area contributed by atoms with Crippen molar-refractivity contribution in [1.29, 1.82) is 0 Å². The number of halogens is 1. The van der Waals surface area contributed by atoms with Gasteiger partial charge in [-0.3, -0.25) is 0 Å². The van der Waals surface area contributed by atoms with E-state index in [0.717, 1.165) is 30.5 Å². The summed E-state index contributed by atoms with van der Waals surface area (Å²) in [5.74, 6) is 1.46. The standard InChI is InChI=1S/C13H19FN2/c1-9-5-10(9)7-16(2)8-11-6-12(14)3-4-13(11)15/h3-4,6,9-10H,5,7-8,15H2,1-2H3. The fraction of sp³-hybridized carbons (Fsp3) is 0.538. The second-order valence-electron chi connectivity index (χ2n) is 5.01. The van der Waals surface area contributed by atoms with E-state index in [1.165, 1.54) is 18.6 Å². The predicted octanol–water partition coefficient (Wildman–Crippen LogP) is 2.50. The molecule has 3 heteroatoms. The van der Waals surface area contributed by atoms with Gasteiger partial charge in [0.25, 0.3) is 0 Å². The van der Waals surface area contributed by atoms with Crippen molar-refractivity contribution in [3.8, 4) is 0 Å². The molecule has 1 aliphatic carbocycles. The summed E-state index contributed by atoms with van der Waals surface area (Å²) in [5.41, 5.74) is 7.38. The second-order valence-corrected chi connectivity index (χ2v) is 5.01. The third kappa shape index (κ3) is 2.73. The summed E-state index contributed by atoms with van der Waals surface area (Å²) >= 11 is 0. The van der Waals surface area contributed by atoms with Crippen molar-refractivity contribution in [3.05, 3.63) is 29.6 Å². The monoisotopic (exact) mass is 222 g/mol. The molecule has 2 nitrogen and oxygen atoms in total. The van der Waals surface area contributed by atoms with Crippen molar-refractivity contribution in [3.63, 3.8) is 0 Å². The van der Waals surface area contributed by atoms with Gasteiger partial charge in [0.1, 0.15) is 5.82 Å². The molecule has 1 aromatic rings. The Morgan fingerprint density at radius 3 is 2.81 bits per heavy atom. The van der Waals surface area contributed by atoms with Crippen LogP contribution in [0.2, 0.25) is 0 Å². The van der Waals surface area contributed by atoms with Crippen LogP contribution in [0, 0.1) is 17.7 Å². The lowest BCUT2D eigenvalue weighted by Gasteiger charge is -2.17. The fourth-order valence-corrected chi connectivity index (χ4v) is 2.12. The number of nitrogen functional groups attached to an aromatic ring is 1. The van der Waals surface area contributed by atoms with Gasteiger partial charge in [0.05, 0.1) is 0 Å². The highest BCUT2D eigenvalue weighted by Crippen LogP contribution is 2.38. The van der Waals surface area contributed by atoms with Gasteiger partial charge in [0.2, 0.25) is 0 Å². The molecule has 88 valence electrons. The molecule has 1 aromatic carbocycles. The first-order valence-electron chi connectivity index (χ1n) is 5.78. The number of nitrogens with two attached hydrogens (primary N) is 1. The Kier molecular flexibility index (Phi) is 3.15. The molecule has 2 N–H and O–H groups in total. The van der Waals surface area contributed by atoms with E-state index in [4.69, 9.17) is 5.73 Å². The Hall–Kier alpha value is -1.09. The Bertz CT molecular complexity index is 378. The topological polar surface area (TPSA) is 29.3 Å². The molecular weight excluding hydrogens is 203 g/mol. The maximum absolute atomic E-state index is 13.1. The molecule has 2 atom stereocenters. The highest BCUT2D eigenvalue weighted by atomic mass is 19.1. The summed E-state index contributed by atoms with van der Waals surface area (Å²) in [6, 6.07) is 4.57. The third-order valence-corrected chi connectivity index (χ3v) is 3.37. The average molecular weight is 222 g/mol. The van der Waals surface area contributed by atoms with E-state index in [-0.39, 0.29) is 5.82 Å². The number of anilines is 1. The van der Waals surface area contributed by atoms with Gasteiger partial charge >= 0.3 is 0 Å². The van der Waals surface area contributed by atoms with Crippen LogP contribution in [0.15, 0.2) is 18.2 Å². The van der Waals surface area contributed by atoms with E-state index in [1.54, 1.807) is 6.07 Å². The summed E-state index contributed by atoms with van der Waals surface area (Å²) < 4.78 is 13.1. The van der Waals surface area contributed by atoms with E-state index in [9.17, 15) is 4.39 Å². The van der Waals surface area contributed by atoms with Crippen molar-refractivity contribution >= 4 is 5.69 Å². The molecule has 2 unspecified atom stereocenters. The van der Waals surface area contributed by atoms with Crippen LogP contribution in [0.4, 0.5) is 10.1 Å². The minimum atomic E-state index is -0.211. The molecule has 1 saturated carbocycles. The van der Waals surface area contributed by atoms with Crippen LogP contribution in [-0.2, 0) is 6.54 Å². The van der Waals surface area contributed by atoms with Crippen LogP contribution in [0.25, 0.3) is 0 Å². The van der Waals surface area contributed by atoms with Crippen LogP contribution >= 0.6 is 0 Å². The second kappa shape index (κ2) is 4.42. The van der Waals surface area contributed by atoms with Gasteiger partial charge < -0.3 is 10.6 Å². The molecule has 0 aliphatic heterocycles. The van der Waals surface area contributed by atoms with Crippen LogP contribution in [0.3, 0.4) is 0 Å². The lowest BCUT2D eigenvalue weighted by molar-refractivity contribution is 0.307. The number of rotatable bonds is 4. The summed E-state index contributed by atoms with van der Waals surface area (Å²) in [5, 5.41) is 0. The van der Waals surface area contributed by atoms with E-state index < -0.39 is 0 Å². The first-order valence-corrected chi connectivity index (χ1v) is 5.78. The summed E-state index contributed by atoms with van der Waals surface area (Å²) in [6.45, 7) is 4.08. The summed E-state index contributed by atoms with van der Waals surface area (Å²) in [7, 11) is 2.06. The molecule has 1 fully saturated rings. The maximum Gasteiger partial charge on any atom is 0.123 e. The maximum atomic E-state index is 13.1. The molecule has 0 saturated heterocycles. The summed E-state index contributed by atoms with van der Waals surface area (Å²) in [6.07, 6.45) is 1.32. The predicted molar refractivity (Wildman–Crippen MR) is 64.4 cm³/mol. The van der Waals surface area contributed by atoms with Crippen molar-refractivity contribution in [2.75, 3.05) is 19.3 Å². The van der Waals surface area contributed by atoms with Crippen LogP contribution in [0.5, 0.6) is 0 Å². The molecule has 0 heterocycles. The smallest absolute Gasteiger partial charge is 0.123 e. The summed E-state index contributed by atoms with van der Waals surface area (Å²) in [4.78, 5) is 2.22. The van der Waals surface area contributed by atoms with Crippen LogP contribution in [-0.4, -0.2) is 18.5 Å². The van der Waals surface area contributed by atoms with E-state index in [1.807, 2.05) is 0 Å². The Morgan fingerprint density at radius 2 is 2.19 bits per heavy atom. The van der Waals surface area contributed by atoms with Crippen molar-refractivity contribution in [2.24, 2.45) is 11.8 Å². The van der Waals surface area contributed by atoms with Crippen molar-refractivity contribution < 1.29 is 4.39 Å². The van der Waals surface area contributed by atoms with E-state index in [0.29, 0.717) is 5.69 Å². The zero-order chi connectivity index (χ0) is 11.7. The molecule has 1 aliphatic rings. The molecular formula is C13H19FN2. The van der Waals surface area contributed by atoms with Gasteiger partial charge in [0.15, 0.2) is 0 Å². The van der Waals surface area contributed by atoms with Crippen LogP contribution < -0.4 is 5.73 Å². The van der Waals surface area contributed by atoms with E-state index in [2.05, 4.69) is 18.9 Å². The zero-order valence-corrected chi connectivity index (χ0v) is 9.91. The van der Waals surface area contributed by atoms with Crippen LogP contribution in [0.1, 0.15) is 18.9 Å². The molecule has 0 radical (unpaired) electrons. The molecule has 2 rings (SSSR count). The first-order chi connectivity index (χ1) is 7.56. The third-order valence-electron chi connectivity index (χ3n) is 3.37. The van der Waals surface area contributed by atoms with Gasteiger partial charge in [-0.1, -0.05) is 6.92 Å². The number of hydrogen-bond donors (Lipinski definition) is 1. The Balaban J connectivity index is 1.94. The highest BCUT2D eigenvalue weighted by Gasteiger charge is 2.33. The van der Waals surface area contributed by atoms with Gasteiger partial charge in [-0.25, -0.2) is 4.39 Å². The van der Waals surface area contributed by atoms with Gasteiger partial charge in [-0.15, -0.1) is 0 Å². The fourth-order valence-electron chi connectivity index (χ4n) is 2.12. The number of nitrogens with zero attached hydrogens (tertiary/aromatic N) is 1. The van der Waals surface area contributed by atoms with Crippen molar-refractivity contribution in [1.82, 2.24) is 4.90 Å². The normalized spacial score (nSPS) is 23.8.